The lowest BCUT2D eigenvalue weighted by Crippen LogP contribution is -2.14. The van der Waals surface area contributed by atoms with E-state index in [2.05, 4.69) is 15.9 Å². The lowest BCUT2D eigenvalue weighted by molar-refractivity contribution is 0.594. The van der Waals surface area contributed by atoms with E-state index in [0.717, 1.165) is 5.56 Å². The molecule has 0 aliphatic heterocycles. The SMILES string of the molecule is Cc1ccc(F)c(C(N)c2cc(F)ccc2Br)c1. The van der Waals surface area contributed by atoms with Crippen molar-refractivity contribution >= 4 is 15.9 Å². The Balaban J connectivity index is 2.50. The van der Waals surface area contributed by atoms with Crippen LogP contribution in [0.5, 0.6) is 0 Å². The maximum Gasteiger partial charge on any atom is 0.128 e. The summed E-state index contributed by atoms with van der Waals surface area (Å²) in [5, 5.41) is 0. The van der Waals surface area contributed by atoms with Crippen molar-refractivity contribution < 1.29 is 8.78 Å². The molecule has 0 aliphatic rings. The zero-order chi connectivity index (χ0) is 13.3. The van der Waals surface area contributed by atoms with Gasteiger partial charge in [0.05, 0.1) is 6.04 Å². The summed E-state index contributed by atoms with van der Waals surface area (Å²) in [6.45, 7) is 1.86. The van der Waals surface area contributed by atoms with Gasteiger partial charge < -0.3 is 5.73 Å². The number of hydrogen-bond donors (Lipinski definition) is 1. The van der Waals surface area contributed by atoms with Gasteiger partial charge in [-0.3, -0.25) is 0 Å². The fourth-order valence-electron chi connectivity index (χ4n) is 1.82. The number of aryl methyl sites for hydroxylation is 1. The van der Waals surface area contributed by atoms with E-state index in [9.17, 15) is 8.78 Å². The van der Waals surface area contributed by atoms with Crippen molar-refractivity contribution in [2.45, 2.75) is 13.0 Å². The van der Waals surface area contributed by atoms with Crippen LogP contribution in [0.1, 0.15) is 22.7 Å². The van der Waals surface area contributed by atoms with Crippen LogP contribution in [-0.4, -0.2) is 0 Å². The van der Waals surface area contributed by atoms with E-state index in [4.69, 9.17) is 5.73 Å². The first-order valence-electron chi connectivity index (χ1n) is 5.45. The predicted molar refractivity (Wildman–Crippen MR) is 71.3 cm³/mol. The van der Waals surface area contributed by atoms with E-state index < -0.39 is 11.9 Å². The highest BCUT2D eigenvalue weighted by Gasteiger charge is 2.17. The van der Waals surface area contributed by atoms with Crippen LogP contribution in [0, 0.1) is 18.6 Å². The first-order chi connectivity index (χ1) is 8.49. The van der Waals surface area contributed by atoms with E-state index in [1.54, 1.807) is 18.2 Å². The predicted octanol–water partition coefficient (Wildman–Crippen LogP) is 4.08. The summed E-state index contributed by atoms with van der Waals surface area (Å²) in [6.07, 6.45) is 0. The van der Waals surface area contributed by atoms with Crippen LogP contribution < -0.4 is 5.73 Å². The quantitative estimate of drug-likeness (QED) is 0.888. The first-order valence-corrected chi connectivity index (χ1v) is 6.25. The molecule has 0 heterocycles. The van der Waals surface area contributed by atoms with Crippen LogP contribution in [0.3, 0.4) is 0 Å². The Morgan fingerprint density at radius 2 is 1.78 bits per heavy atom. The molecule has 0 aliphatic carbocycles. The minimum atomic E-state index is -0.699. The number of rotatable bonds is 2. The summed E-state index contributed by atoms with van der Waals surface area (Å²) in [4.78, 5) is 0. The van der Waals surface area contributed by atoms with Gasteiger partial charge >= 0.3 is 0 Å². The summed E-state index contributed by atoms with van der Waals surface area (Å²) in [6, 6.07) is 8.23. The van der Waals surface area contributed by atoms with Crippen molar-refractivity contribution in [1.29, 1.82) is 0 Å². The molecule has 2 N–H and O–H groups in total. The highest BCUT2D eigenvalue weighted by Crippen LogP contribution is 2.29. The van der Waals surface area contributed by atoms with E-state index in [1.807, 2.05) is 6.92 Å². The van der Waals surface area contributed by atoms with Crippen molar-refractivity contribution in [3.8, 4) is 0 Å². The molecule has 2 aromatic carbocycles. The third-order valence-corrected chi connectivity index (χ3v) is 3.50. The maximum absolute atomic E-state index is 13.7. The smallest absolute Gasteiger partial charge is 0.128 e. The van der Waals surface area contributed by atoms with Crippen LogP contribution in [0.4, 0.5) is 8.78 Å². The lowest BCUT2D eigenvalue weighted by Gasteiger charge is -2.16. The molecule has 4 heteroatoms. The largest absolute Gasteiger partial charge is 0.320 e. The highest BCUT2D eigenvalue weighted by molar-refractivity contribution is 9.10. The Hall–Kier alpha value is -1.26. The Labute approximate surface area is 113 Å². The van der Waals surface area contributed by atoms with Gasteiger partial charge in [-0.05, 0) is 36.8 Å². The van der Waals surface area contributed by atoms with Crippen LogP contribution >= 0.6 is 15.9 Å². The maximum atomic E-state index is 13.7. The van der Waals surface area contributed by atoms with Crippen molar-refractivity contribution in [3.05, 3.63) is 69.2 Å². The molecule has 0 spiro atoms. The fourth-order valence-corrected chi connectivity index (χ4v) is 2.32. The molecule has 0 bridgehead atoms. The van der Waals surface area contributed by atoms with Crippen molar-refractivity contribution in [2.24, 2.45) is 5.73 Å². The average molecular weight is 312 g/mol. The van der Waals surface area contributed by atoms with Crippen molar-refractivity contribution in [1.82, 2.24) is 0 Å². The minimum absolute atomic E-state index is 0.362. The molecule has 2 aromatic rings. The van der Waals surface area contributed by atoms with Gasteiger partial charge in [0.1, 0.15) is 11.6 Å². The minimum Gasteiger partial charge on any atom is -0.320 e. The van der Waals surface area contributed by atoms with Gasteiger partial charge in [-0.1, -0.05) is 33.6 Å². The summed E-state index contributed by atoms with van der Waals surface area (Å²) in [5.41, 5.74) is 7.82. The van der Waals surface area contributed by atoms with Gasteiger partial charge in [0.25, 0.3) is 0 Å². The highest BCUT2D eigenvalue weighted by atomic mass is 79.9. The van der Waals surface area contributed by atoms with Gasteiger partial charge in [0.15, 0.2) is 0 Å². The topological polar surface area (TPSA) is 26.0 Å². The number of hydrogen-bond acceptors (Lipinski definition) is 1. The standard InChI is InChI=1S/C14H12BrF2N/c1-8-2-5-13(17)11(6-8)14(18)10-7-9(16)3-4-12(10)15/h2-7,14H,18H2,1H3. The molecule has 1 unspecified atom stereocenters. The van der Waals surface area contributed by atoms with Crippen LogP contribution in [0.25, 0.3) is 0 Å². The molecule has 0 aromatic heterocycles. The van der Waals surface area contributed by atoms with Gasteiger partial charge in [-0.2, -0.15) is 0 Å². The average Bonchev–Trinajstić information content (AvgIpc) is 2.34. The van der Waals surface area contributed by atoms with Gasteiger partial charge in [-0.25, -0.2) is 8.78 Å². The van der Waals surface area contributed by atoms with Crippen LogP contribution in [0.2, 0.25) is 0 Å². The molecule has 0 fully saturated rings. The molecule has 0 radical (unpaired) electrons. The molecule has 0 saturated heterocycles. The van der Waals surface area contributed by atoms with E-state index >= 15 is 0 Å². The molecular weight excluding hydrogens is 300 g/mol. The van der Waals surface area contributed by atoms with Crippen molar-refractivity contribution in [2.75, 3.05) is 0 Å². The van der Waals surface area contributed by atoms with Crippen LogP contribution in [-0.2, 0) is 0 Å². The van der Waals surface area contributed by atoms with Crippen LogP contribution in [0.15, 0.2) is 40.9 Å². The third-order valence-electron chi connectivity index (χ3n) is 2.78. The fraction of sp³-hybridized carbons (Fsp3) is 0.143. The van der Waals surface area contributed by atoms with Gasteiger partial charge in [-0.15, -0.1) is 0 Å². The monoisotopic (exact) mass is 311 g/mol. The second-order valence-electron chi connectivity index (χ2n) is 4.17. The zero-order valence-electron chi connectivity index (χ0n) is 9.75. The lowest BCUT2D eigenvalue weighted by atomic mass is 9.97. The normalized spacial score (nSPS) is 12.5. The summed E-state index contributed by atoms with van der Waals surface area (Å²) < 4.78 is 27.6. The second-order valence-corrected chi connectivity index (χ2v) is 5.02. The number of halogens is 3. The van der Waals surface area contributed by atoms with Gasteiger partial charge in [0.2, 0.25) is 0 Å². The van der Waals surface area contributed by atoms with E-state index in [-0.39, 0.29) is 5.82 Å². The molecule has 94 valence electrons. The molecule has 0 saturated carbocycles. The van der Waals surface area contributed by atoms with E-state index in [1.165, 1.54) is 18.2 Å². The molecule has 18 heavy (non-hydrogen) atoms. The number of nitrogens with two attached hydrogens (primary N) is 1. The number of benzene rings is 2. The second kappa shape index (κ2) is 5.16. The molecule has 1 nitrogen and oxygen atoms in total. The first kappa shape index (κ1) is 13.2. The van der Waals surface area contributed by atoms with Crippen molar-refractivity contribution in [3.63, 3.8) is 0 Å². The summed E-state index contributed by atoms with van der Waals surface area (Å²) in [5.74, 6) is -0.777. The Bertz CT molecular complexity index is 533. The molecule has 0 amide bonds. The molecular formula is C14H12BrF2N. The Kier molecular flexibility index (Phi) is 3.78. The third kappa shape index (κ3) is 2.60. The molecule has 1 atom stereocenters. The summed E-state index contributed by atoms with van der Waals surface area (Å²) >= 11 is 3.30. The molecule has 2 rings (SSSR count). The Morgan fingerprint density at radius 3 is 2.50 bits per heavy atom. The summed E-state index contributed by atoms with van der Waals surface area (Å²) in [7, 11) is 0. The van der Waals surface area contributed by atoms with E-state index in [0.29, 0.717) is 15.6 Å². The zero-order valence-corrected chi connectivity index (χ0v) is 11.3. The van der Waals surface area contributed by atoms with Gasteiger partial charge in [0, 0.05) is 10.0 Å². The Morgan fingerprint density at radius 1 is 1.06 bits per heavy atom.